The molecule has 0 aromatic heterocycles. The van der Waals surface area contributed by atoms with E-state index in [2.05, 4.69) is 23.5 Å². The fourth-order valence-electron chi connectivity index (χ4n) is 2.11. The van der Waals surface area contributed by atoms with Crippen LogP contribution < -0.4 is 10.1 Å². The molecule has 0 aliphatic heterocycles. The summed E-state index contributed by atoms with van der Waals surface area (Å²) in [6, 6.07) is 14.9. The highest BCUT2D eigenvalue weighted by Gasteiger charge is 2.20. The molecular formula is C17H18ClNOS. The zero-order valence-corrected chi connectivity index (χ0v) is 13.5. The van der Waals surface area contributed by atoms with Gasteiger partial charge in [-0.3, -0.25) is 0 Å². The lowest BCUT2D eigenvalue weighted by molar-refractivity contribution is 0.414. The molecule has 21 heavy (non-hydrogen) atoms. The summed E-state index contributed by atoms with van der Waals surface area (Å²) in [5, 5.41) is 4.36. The molecule has 2 aromatic carbocycles. The third kappa shape index (κ3) is 3.94. The fourth-order valence-corrected chi connectivity index (χ4v) is 3.36. The Labute approximate surface area is 134 Å². The van der Waals surface area contributed by atoms with Gasteiger partial charge in [-0.1, -0.05) is 35.5 Å². The van der Waals surface area contributed by atoms with Crippen molar-refractivity contribution < 1.29 is 4.74 Å². The van der Waals surface area contributed by atoms with E-state index in [0.29, 0.717) is 6.04 Å². The summed E-state index contributed by atoms with van der Waals surface area (Å²) >= 11 is 8.10. The smallest absolute Gasteiger partial charge is 0.118 e. The van der Waals surface area contributed by atoms with Crippen molar-refractivity contribution in [1.82, 2.24) is 5.32 Å². The van der Waals surface area contributed by atoms with E-state index in [1.807, 2.05) is 24.3 Å². The van der Waals surface area contributed by atoms with E-state index < -0.39 is 0 Å². The zero-order valence-electron chi connectivity index (χ0n) is 11.9. The van der Waals surface area contributed by atoms with Gasteiger partial charge in [0.1, 0.15) is 5.75 Å². The van der Waals surface area contributed by atoms with Gasteiger partial charge < -0.3 is 10.1 Å². The van der Waals surface area contributed by atoms with Crippen molar-refractivity contribution in [2.45, 2.75) is 35.2 Å². The fraction of sp³-hybridized carbons (Fsp3) is 0.294. The Morgan fingerprint density at radius 2 is 1.95 bits per heavy atom. The van der Waals surface area contributed by atoms with Crippen LogP contribution in [0.25, 0.3) is 0 Å². The van der Waals surface area contributed by atoms with Crippen LogP contribution in [0.5, 0.6) is 5.75 Å². The maximum Gasteiger partial charge on any atom is 0.118 e. The van der Waals surface area contributed by atoms with Crippen LogP contribution in [0.1, 0.15) is 18.4 Å². The highest BCUT2D eigenvalue weighted by Crippen LogP contribution is 2.37. The first-order chi connectivity index (χ1) is 10.3. The second-order valence-electron chi connectivity index (χ2n) is 5.16. The number of benzene rings is 2. The maximum absolute atomic E-state index is 6.40. The Balaban J connectivity index is 1.78. The van der Waals surface area contributed by atoms with Gasteiger partial charge in [0.15, 0.2) is 0 Å². The van der Waals surface area contributed by atoms with Gasteiger partial charge in [-0.25, -0.2) is 0 Å². The highest BCUT2D eigenvalue weighted by atomic mass is 35.5. The van der Waals surface area contributed by atoms with Gasteiger partial charge in [0, 0.05) is 22.4 Å². The van der Waals surface area contributed by atoms with Crippen LogP contribution in [0.4, 0.5) is 0 Å². The lowest BCUT2D eigenvalue weighted by Crippen LogP contribution is -2.15. The highest BCUT2D eigenvalue weighted by molar-refractivity contribution is 7.99. The van der Waals surface area contributed by atoms with Crippen molar-refractivity contribution in [3.63, 3.8) is 0 Å². The SMILES string of the molecule is COc1ccc(Sc2c(Cl)cccc2CNC2CC2)cc1. The topological polar surface area (TPSA) is 21.3 Å². The lowest BCUT2D eigenvalue weighted by atomic mass is 10.2. The van der Waals surface area contributed by atoms with E-state index >= 15 is 0 Å². The molecule has 3 rings (SSSR count). The summed E-state index contributed by atoms with van der Waals surface area (Å²) in [6.07, 6.45) is 2.59. The van der Waals surface area contributed by atoms with Gasteiger partial charge in [-0.15, -0.1) is 0 Å². The summed E-state index contributed by atoms with van der Waals surface area (Å²) < 4.78 is 5.19. The van der Waals surface area contributed by atoms with E-state index in [9.17, 15) is 0 Å². The Morgan fingerprint density at radius 3 is 2.62 bits per heavy atom. The second-order valence-corrected chi connectivity index (χ2v) is 6.65. The number of methoxy groups -OCH3 is 1. The van der Waals surface area contributed by atoms with E-state index in [-0.39, 0.29) is 0 Å². The molecular weight excluding hydrogens is 302 g/mol. The van der Waals surface area contributed by atoms with Crippen LogP contribution in [-0.4, -0.2) is 13.2 Å². The molecule has 0 bridgehead atoms. The number of hydrogen-bond donors (Lipinski definition) is 1. The van der Waals surface area contributed by atoms with Gasteiger partial charge in [-0.05, 0) is 48.7 Å². The molecule has 1 fully saturated rings. The molecule has 110 valence electrons. The Hall–Kier alpha value is -1.16. The average molecular weight is 320 g/mol. The quantitative estimate of drug-likeness (QED) is 0.830. The van der Waals surface area contributed by atoms with Gasteiger partial charge >= 0.3 is 0 Å². The minimum atomic E-state index is 0.697. The molecule has 2 nitrogen and oxygen atoms in total. The molecule has 0 atom stereocenters. The standard InChI is InChI=1S/C17H18ClNOS/c1-20-14-7-9-15(10-8-14)21-17-12(3-2-4-16(17)18)11-19-13-5-6-13/h2-4,7-10,13,19H,5-6,11H2,1H3. The summed E-state index contributed by atoms with van der Waals surface area (Å²) in [5.74, 6) is 0.870. The Kier molecular flexibility index (Phi) is 4.73. The van der Waals surface area contributed by atoms with Crippen molar-refractivity contribution in [2.75, 3.05) is 7.11 Å². The van der Waals surface area contributed by atoms with Crippen LogP contribution >= 0.6 is 23.4 Å². The molecule has 0 spiro atoms. The monoisotopic (exact) mass is 319 g/mol. The predicted molar refractivity (Wildman–Crippen MR) is 88.4 cm³/mol. The van der Waals surface area contributed by atoms with Crippen LogP contribution in [0.2, 0.25) is 5.02 Å². The van der Waals surface area contributed by atoms with E-state index in [4.69, 9.17) is 16.3 Å². The van der Waals surface area contributed by atoms with Crippen molar-refractivity contribution in [1.29, 1.82) is 0 Å². The first-order valence-electron chi connectivity index (χ1n) is 7.09. The predicted octanol–water partition coefficient (Wildman–Crippen LogP) is 4.75. The molecule has 1 aliphatic rings. The summed E-state index contributed by atoms with van der Waals surface area (Å²) in [7, 11) is 1.68. The van der Waals surface area contributed by atoms with Crippen LogP contribution in [-0.2, 0) is 6.54 Å². The maximum atomic E-state index is 6.40. The minimum absolute atomic E-state index is 0.697. The molecule has 0 heterocycles. The average Bonchev–Trinajstić information content (AvgIpc) is 3.33. The van der Waals surface area contributed by atoms with E-state index in [1.54, 1.807) is 18.9 Å². The molecule has 0 unspecified atom stereocenters. The largest absolute Gasteiger partial charge is 0.497 e. The van der Waals surface area contributed by atoms with Crippen LogP contribution in [0.3, 0.4) is 0 Å². The van der Waals surface area contributed by atoms with Crippen LogP contribution in [0, 0.1) is 0 Å². The molecule has 0 saturated heterocycles. The minimum Gasteiger partial charge on any atom is -0.497 e. The number of hydrogen-bond acceptors (Lipinski definition) is 3. The Morgan fingerprint density at radius 1 is 1.19 bits per heavy atom. The van der Waals surface area contributed by atoms with Crippen LogP contribution in [0.15, 0.2) is 52.3 Å². The summed E-state index contributed by atoms with van der Waals surface area (Å²) in [6.45, 7) is 0.879. The zero-order chi connectivity index (χ0) is 14.7. The molecule has 1 saturated carbocycles. The van der Waals surface area contributed by atoms with E-state index in [0.717, 1.165) is 27.1 Å². The molecule has 0 amide bonds. The van der Waals surface area contributed by atoms with Gasteiger partial charge in [0.2, 0.25) is 0 Å². The number of ether oxygens (including phenoxy) is 1. The summed E-state index contributed by atoms with van der Waals surface area (Å²) in [5.41, 5.74) is 1.26. The van der Waals surface area contributed by atoms with Crippen molar-refractivity contribution in [3.8, 4) is 5.75 Å². The number of rotatable bonds is 6. The number of halogens is 1. The van der Waals surface area contributed by atoms with E-state index in [1.165, 1.54) is 18.4 Å². The van der Waals surface area contributed by atoms with Crippen molar-refractivity contribution in [3.05, 3.63) is 53.1 Å². The van der Waals surface area contributed by atoms with Gasteiger partial charge in [-0.2, -0.15) is 0 Å². The third-order valence-corrected chi connectivity index (χ3v) is 5.11. The van der Waals surface area contributed by atoms with Gasteiger partial charge in [0.25, 0.3) is 0 Å². The molecule has 1 aliphatic carbocycles. The van der Waals surface area contributed by atoms with Gasteiger partial charge in [0.05, 0.1) is 12.1 Å². The Bertz CT molecular complexity index is 611. The molecule has 2 aromatic rings. The second kappa shape index (κ2) is 6.73. The molecule has 1 N–H and O–H groups in total. The number of nitrogens with one attached hydrogen (secondary N) is 1. The summed E-state index contributed by atoms with van der Waals surface area (Å²) in [4.78, 5) is 2.30. The first-order valence-corrected chi connectivity index (χ1v) is 8.28. The molecule has 4 heteroatoms. The molecule has 0 radical (unpaired) electrons. The van der Waals surface area contributed by atoms with Crippen molar-refractivity contribution >= 4 is 23.4 Å². The van der Waals surface area contributed by atoms with Crippen molar-refractivity contribution in [2.24, 2.45) is 0 Å². The lowest BCUT2D eigenvalue weighted by Gasteiger charge is -2.12. The normalized spacial score (nSPS) is 14.2. The third-order valence-electron chi connectivity index (χ3n) is 3.49. The first kappa shape index (κ1) is 14.8.